The first-order valence-corrected chi connectivity index (χ1v) is 6.36. The SMILES string of the molecule is Cc1ccc(C(NN)c2ncccc2Br)c(F)c1F. The molecule has 1 unspecified atom stereocenters. The number of nitrogens with two attached hydrogens (primary N) is 1. The summed E-state index contributed by atoms with van der Waals surface area (Å²) in [5.74, 6) is 3.68. The summed E-state index contributed by atoms with van der Waals surface area (Å²) >= 11 is 3.32. The molecule has 1 aromatic heterocycles. The lowest BCUT2D eigenvalue weighted by atomic mass is 10.0. The summed E-state index contributed by atoms with van der Waals surface area (Å²) < 4.78 is 28.3. The second kappa shape index (κ2) is 5.73. The number of aromatic nitrogens is 1. The molecule has 0 radical (unpaired) electrons. The van der Waals surface area contributed by atoms with Gasteiger partial charge in [-0.15, -0.1) is 0 Å². The van der Waals surface area contributed by atoms with E-state index in [9.17, 15) is 8.78 Å². The van der Waals surface area contributed by atoms with Crippen LogP contribution in [-0.2, 0) is 0 Å². The van der Waals surface area contributed by atoms with Gasteiger partial charge in [0.15, 0.2) is 11.6 Å². The molecule has 0 saturated heterocycles. The van der Waals surface area contributed by atoms with Crippen molar-refractivity contribution >= 4 is 15.9 Å². The number of hydrogen-bond acceptors (Lipinski definition) is 3. The summed E-state index contributed by atoms with van der Waals surface area (Å²) in [6, 6.07) is 5.77. The average Bonchev–Trinajstić information content (AvgIpc) is 2.41. The van der Waals surface area contributed by atoms with Gasteiger partial charge in [0.1, 0.15) is 0 Å². The monoisotopic (exact) mass is 327 g/mol. The molecule has 0 bridgehead atoms. The molecule has 0 fully saturated rings. The molecule has 3 nitrogen and oxygen atoms in total. The van der Waals surface area contributed by atoms with Gasteiger partial charge in [-0.1, -0.05) is 12.1 Å². The highest BCUT2D eigenvalue weighted by Gasteiger charge is 2.22. The van der Waals surface area contributed by atoms with Gasteiger partial charge in [-0.2, -0.15) is 0 Å². The van der Waals surface area contributed by atoms with Crippen LogP contribution in [0.3, 0.4) is 0 Å². The summed E-state index contributed by atoms with van der Waals surface area (Å²) in [5, 5.41) is 0. The fourth-order valence-corrected chi connectivity index (χ4v) is 2.29. The Hall–Kier alpha value is -1.37. The summed E-state index contributed by atoms with van der Waals surface area (Å²) in [5.41, 5.74) is 3.32. The first kappa shape index (κ1) is 14.0. The number of pyridine rings is 1. The van der Waals surface area contributed by atoms with Gasteiger partial charge in [0, 0.05) is 16.2 Å². The van der Waals surface area contributed by atoms with Crippen molar-refractivity contribution in [3.05, 3.63) is 63.4 Å². The van der Waals surface area contributed by atoms with Crippen molar-refractivity contribution in [3.8, 4) is 0 Å². The maximum Gasteiger partial charge on any atom is 0.164 e. The summed E-state index contributed by atoms with van der Waals surface area (Å²) in [6.07, 6.45) is 1.56. The van der Waals surface area contributed by atoms with E-state index in [1.165, 1.54) is 19.1 Å². The van der Waals surface area contributed by atoms with Crippen molar-refractivity contribution < 1.29 is 8.78 Å². The van der Waals surface area contributed by atoms with E-state index < -0.39 is 17.7 Å². The third-order valence-electron chi connectivity index (χ3n) is 2.84. The van der Waals surface area contributed by atoms with Crippen molar-refractivity contribution in [1.82, 2.24) is 10.4 Å². The number of halogens is 3. The van der Waals surface area contributed by atoms with Crippen LogP contribution in [0.1, 0.15) is 22.9 Å². The molecule has 0 spiro atoms. The van der Waals surface area contributed by atoms with Gasteiger partial charge in [0.05, 0.1) is 11.7 Å². The molecule has 2 rings (SSSR count). The van der Waals surface area contributed by atoms with E-state index in [0.717, 1.165) is 0 Å². The number of nitrogens with zero attached hydrogens (tertiary/aromatic N) is 1. The maximum absolute atomic E-state index is 14.0. The normalized spacial score (nSPS) is 12.5. The molecule has 0 amide bonds. The predicted octanol–water partition coefficient (Wildman–Crippen LogP) is 2.98. The van der Waals surface area contributed by atoms with Crippen LogP contribution in [0.15, 0.2) is 34.9 Å². The van der Waals surface area contributed by atoms with Gasteiger partial charge in [0.2, 0.25) is 0 Å². The minimum Gasteiger partial charge on any atom is -0.271 e. The summed E-state index contributed by atoms with van der Waals surface area (Å²) in [6.45, 7) is 1.50. The fraction of sp³-hybridized carbons (Fsp3) is 0.154. The van der Waals surface area contributed by atoms with Gasteiger partial charge in [-0.05, 0) is 40.5 Å². The van der Waals surface area contributed by atoms with Crippen LogP contribution < -0.4 is 11.3 Å². The minimum absolute atomic E-state index is 0.116. The van der Waals surface area contributed by atoms with Crippen molar-refractivity contribution in [2.45, 2.75) is 13.0 Å². The Morgan fingerprint density at radius 1 is 1.26 bits per heavy atom. The molecule has 0 aliphatic rings. The Balaban J connectivity index is 2.55. The fourth-order valence-electron chi connectivity index (χ4n) is 1.81. The molecule has 0 aliphatic carbocycles. The number of benzene rings is 1. The Kier molecular flexibility index (Phi) is 4.24. The number of nitrogens with one attached hydrogen (secondary N) is 1. The first-order chi connectivity index (χ1) is 9.06. The van der Waals surface area contributed by atoms with Crippen LogP contribution >= 0.6 is 15.9 Å². The van der Waals surface area contributed by atoms with Crippen molar-refractivity contribution in [2.24, 2.45) is 5.84 Å². The zero-order valence-electron chi connectivity index (χ0n) is 10.1. The number of rotatable bonds is 3. The lowest BCUT2D eigenvalue weighted by Crippen LogP contribution is -2.30. The topological polar surface area (TPSA) is 50.9 Å². The molecule has 1 aromatic carbocycles. The number of aryl methyl sites for hydroxylation is 1. The van der Waals surface area contributed by atoms with Crippen LogP contribution in [-0.4, -0.2) is 4.98 Å². The Bertz CT molecular complexity index is 604. The highest BCUT2D eigenvalue weighted by atomic mass is 79.9. The molecule has 100 valence electrons. The van der Waals surface area contributed by atoms with E-state index in [4.69, 9.17) is 5.84 Å². The molecule has 1 atom stereocenters. The van der Waals surface area contributed by atoms with E-state index in [0.29, 0.717) is 10.2 Å². The van der Waals surface area contributed by atoms with Gasteiger partial charge in [0.25, 0.3) is 0 Å². The van der Waals surface area contributed by atoms with Crippen LogP contribution in [0.4, 0.5) is 8.78 Å². The van der Waals surface area contributed by atoms with E-state index in [-0.39, 0.29) is 11.1 Å². The van der Waals surface area contributed by atoms with E-state index in [2.05, 4.69) is 26.3 Å². The summed E-state index contributed by atoms with van der Waals surface area (Å²) in [7, 11) is 0. The molecule has 0 aliphatic heterocycles. The van der Waals surface area contributed by atoms with Gasteiger partial charge in [-0.25, -0.2) is 14.2 Å². The maximum atomic E-state index is 14.0. The van der Waals surface area contributed by atoms with Crippen molar-refractivity contribution in [2.75, 3.05) is 0 Å². The van der Waals surface area contributed by atoms with Crippen LogP contribution in [0.2, 0.25) is 0 Å². The molecule has 1 heterocycles. The standard InChI is InChI=1S/C13H12BrF2N3/c1-7-4-5-8(11(16)10(7)15)12(19-17)13-9(14)3-2-6-18-13/h2-6,12,19H,17H2,1H3. The van der Waals surface area contributed by atoms with Crippen LogP contribution in [0.25, 0.3) is 0 Å². The lowest BCUT2D eigenvalue weighted by molar-refractivity contribution is 0.476. The molecule has 0 saturated carbocycles. The van der Waals surface area contributed by atoms with Crippen molar-refractivity contribution in [3.63, 3.8) is 0 Å². The quantitative estimate of drug-likeness (QED) is 0.673. The van der Waals surface area contributed by atoms with E-state index in [1.54, 1.807) is 18.3 Å². The Morgan fingerprint density at radius 3 is 2.63 bits per heavy atom. The summed E-state index contributed by atoms with van der Waals surface area (Å²) in [4.78, 5) is 4.14. The smallest absolute Gasteiger partial charge is 0.164 e. The highest BCUT2D eigenvalue weighted by Crippen LogP contribution is 2.29. The number of hydrazine groups is 1. The van der Waals surface area contributed by atoms with Gasteiger partial charge >= 0.3 is 0 Å². The largest absolute Gasteiger partial charge is 0.271 e. The molecular weight excluding hydrogens is 316 g/mol. The van der Waals surface area contributed by atoms with Gasteiger partial charge < -0.3 is 0 Å². The second-order valence-corrected chi connectivity index (χ2v) is 4.92. The third kappa shape index (κ3) is 2.65. The van der Waals surface area contributed by atoms with Gasteiger partial charge in [-0.3, -0.25) is 10.8 Å². The lowest BCUT2D eigenvalue weighted by Gasteiger charge is -2.18. The second-order valence-electron chi connectivity index (χ2n) is 4.07. The van der Waals surface area contributed by atoms with Crippen LogP contribution in [0, 0.1) is 18.6 Å². The minimum atomic E-state index is -0.916. The van der Waals surface area contributed by atoms with E-state index >= 15 is 0 Å². The zero-order chi connectivity index (χ0) is 14.0. The highest BCUT2D eigenvalue weighted by molar-refractivity contribution is 9.10. The zero-order valence-corrected chi connectivity index (χ0v) is 11.7. The van der Waals surface area contributed by atoms with Crippen molar-refractivity contribution in [1.29, 1.82) is 0 Å². The average molecular weight is 328 g/mol. The molecular formula is C13H12BrF2N3. The predicted molar refractivity (Wildman–Crippen MR) is 72.2 cm³/mol. The van der Waals surface area contributed by atoms with E-state index in [1.807, 2.05) is 0 Å². The Morgan fingerprint density at radius 2 is 2.00 bits per heavy atom. The molecule has 6 heteroatoms. The third-order valence-corrected chi connectivity index (χ3v) is 3.51. The Labute approximate surface area is 117 Å². The first-order valence-electron chi connectivity index (χ1n) is 5.57. The number of hydrogen-bond donors (Lipinski definition) is 2. The molecule has 19 heavy (non-hydrogen) atoms. The molecule has 3 N–H and O–H groups in total. The van der Waals surface area contributed by atoms with Crippen LogP contribution in [0.5, 0.6) is 0 Å². The molecule has 2 aromatic rings.